The van der Waals surface area contributed by atoms with Crippen LogP contribution in [-0.2, 0) is 4.79 Å². The number of hydrogen-bond acceptors (Lipinski definition) is 3. The average molecular weight is 317 g/mol. The Bertz CT molecular complexity index is 561. The first kappa shape index (κ1) is 16.0. The minimum Gasteiger partial charge on any atom is -0.366 e. The third-order valence-corrected chi connectivity index (χ3v) is 4.61. The third kappa shape index (κ3) is 4.10. The minimum absolute atomic E-state index is 0.0670. The van der Waals surface area contributed by atoms with Crippen LogP contribution in [0.15, 0.2) is 36.4 Å². The fourth-order valence-corrected chi connectivity index (χ4v) is 3.25. The number of hydrogen-bond donors (Lipinski definition) is 0. The molecule has 2 aliphatic rings. The van der Waals surface area contributed by atoms with Crippen LogP contribution in [0.1, 0.15) is 12.8 Å². The molecule has 0 bridgehead atoms. The summed E-state index contributed by atoms with van der Waals surface area (Å²) in [5.74, 6) is -0.129. The quantitative estimate of drug-likeness (QED) is 0.796. The van der Waals surface area contributed by atoms with Gasteiger partial charge in [0.15, 0.2) is 0 Å². The summed E-state index contributed by atoms with van der Waals surface area (Å²) < 4.78 is 13.8. The Morgan fingerprint density at radius 3 is 2.43 bits per heavy atom. The highest BCUT2D eigenvalue weighted by Crippen LogP contribution is 2.20. The van der Waals surface area contributed by atoms with Gasteiger partial charge in [0.25, 0.3) is 0 Å². The molecule has 5 heteroatoms. The zero-order valence-electron chi connectivity index (χ0n) is 13.5. The average Bonchev–Trinajstić information content (AvgIpc) is 3.09. The standard InChI is InChI=1S/C18H24FN3O/c19-16-6-1-2-7-17(16)21-12-14-22(15-13-21)18(23)8-5-11-20-9-3-4-10-20/h1-2,5-8H,3-4,9-15H2/b8-5+. The number of anilines is 1. The molecule has 0 unspecified atom stereocenters. The number of rotatable bonds is 4. The summed E-state index contributed by atoms with van der Waals surface area (Å²) >= 11 is 0. The molecule has 1 amide bonds. The van der Waals surface area contributed by atoms with Gasteiger partial charge in [0.05, 0.1) is 5.69 Å². The van der Waals surface area contributed by atoms with Gasteiger partial charge in [-0.15, -0.1) is 0 Å². The van der Waals surface area contributed by atoms with Crippen LogP contribution in [-0.4, -0.2) is 61.5 Å². The number of para-hydroxylation sites is 1. The van der Waals surface area contributed by atoms with E-state index < -0.39 is 0 Å². The summed E-state index contributed by atoms with van der Waals surface area (Å²) in [7, 11) is 0. The first-order valence-corrected chi connectivity index (χ1v) is 8.41. The summed E-state index contributed by atoms with van der Waals surface area (Å²) in [6.45, 7) is 5.77. The Labute approximate surface area is 137 Å². The highest BCUT2D eigenvalue weighted by Gasteiger charge is 2.21. The van der Waals surface area contributed by atoms with Gasteiger partial charge >= 0.3 is 0 Å². The topological polar surface area (TPSA) is 26.8 Å². The predicted molar refractivity (Wildman–Crippen MR) is 90.0 cm³/mol. The Kier molecular flexibility index (Phi) is 5.28. The van der Waals surface area contributed by atoms with E-state index >= 15 is 0 Å². The molecule has 0 radical (unpaired) electrons. The summed E-state index contributed by atoms with van der Waals surface area (Å²) in [6.07, 6.45) is 6.19. The van der Waals surface area contributed by atoms with E-state index in [0.29, 0.717) is 31.9 Å². The van der Waals surface area contributed by atoms with Crippen LogP contribution in [0.5, 0.6) is 0 Å². The second kappa shape index (κ2) is 7.59. The number of halogens is 1. The monoisotopic (exact) mass is 317 g/mol. The van der Waals surface area contributed by atoms with E-state index in [1.54, 1.807) is 18.2 Å². The van der Waals surface area contributed by atoms with Gasteiger partial charge < -0.3 is 9.80 Å². The maximum atomic E-state index is 13.8. The molecular formula is C18H24FN3O. The SMILES string of the molecule is O=C(/C=C/CN1CCCC1)N1CCN(c2ccccc2F)CC1. The Hall–Kier alpha value is -1.88. The molecule has 23 heavy (non-hydrogen) atoms. The van der Waals surface area contributed by atoms with Crippen LogP contribution in [0.3, 0.4) is 0 Å². The molecule has 0 aliphatic carbocycles. The van der Waals surface area contributed by atoms with Gasteiger partial charge in [-0.05, 0) is 38.1 Å². The van der Waals surface area contributed by atoms with Crippen molar-refractivity contribution in [1.29, 1.82) is 0 Å². The second-order valence-electron chi connectivity index (χ2n) is 6.17. The van der Waals surface area contributed by atoms with E-state index in [1.807, 2.05) is 21.9 Å². The van der Waals surface area contributed by atoms with Gasteiger partial charge in [0, 0.05) is 38.8 Å². The molecule has 1 aromatic rings. The number of carbonyl (C=O) groups excluding carboxylic acids is 1. The van der Waals surface area contributed by atoms with Crippen molar-refractivity contribution >= 4 is 11.6 Å². The van der Waals surface area contributed by atoms with Crippen molar-refractivity contribution in [2.45, 2.75) is 12.8 Å². The first-order chi connectivity index (χ1) is 11.2. The molecule has 1 aromatic carbocycles. The molecular weight excluding hydrogens is 293 g/mol. The maximum absolute atomic E-state index is 13.8. The van der Waals surface area contributed by atoms with Crippen molar-refractivity contribution in [3.05, 3.63) is 42.2 Å². The number of nitrogens with zero attached hydrogens (tertiary/aromatic N) is 3. The number of carbonyl (C=O) groups is 1. The number of piperazine rings is 1. The lowest BCUT2D eigenvalue weighted by Crippen LogP contribution is -2.48. The first-order valence-electron chi connectivity index (χ1n) is 8.41. The van der Waals surface area contributed by atoms with Crippen molar-refractivity contribution in [3.8, 4) is 0 Å². The van der Waals surface area contributed by atoms with Crippen LogP contribution in [0.2, 0.25) is 0 Å². The fraction of sp³-hybridized carbons (Fsp3) is 0.500. The van der Waals surface area contributed by atoms with Crippen molar-refractivity contribution < 1.29 is 9.18 Å². The molecule has 0 spiro atoms. The number of likely N-dealkylation sites (tertiary alicyclic amines) is 1. The molecule has 0 N–H and O–H groups in total. The predicted octanol–water partition coefficient (Wildman–Crippen LogP) is 2.13. The summed E-state index contributed by atoms with van der Waals surface area (Å²) in [4.78, 5) is 18.4. The van der Waals surface area contributed by atoms with Crippen LogP contribution < -0.4 is 4.90 Å². The van der Waals surface area contributed by atoms with Crippen LogP contribution >= 0.6 is 0 Å². The Balaban J connectivity index is 1.47. The van der Waals surface area contributed by atoms with Crippen molar-refractivity contribution in [3.63, 3.8) is 0 Å². The normalized spacial score (nSPS) is 19.7. The maximum Gasteiger partial charge on any atom is 0.246 e. The fourth-order valence-electron chi connectivity index (χ4n) is 3.25. The molecule has 4 nitrogen and oxygen atoms in total. The Morgan fingerprint density at radius 2 is 1.74 bits per heavy atom. The number of benzene rings is 1. The van der Waals surface area contributed by atoms with Crippen molar-refractivity contribution in [2.24, 2.45) is 0 Å². The number of amides is 1. The molecule has 2 fully saturated rings. The van der Waals surface area contributed by atoms with Gasteiger partial charge in [0.2, 0.25) is 5.91 Å². The molecule has 3 rings (SSSR count). The van der Waals surface area contributed by atoms with Gasteiger partial charge in [-0.3, -0.25) is 9.69 Å². The van der Waals surface area contributed by atoms with Crippen LogP contribution in [0.4, 0.5) is 10.1 Å². The lowest BCUT2D eigenvalue weighted by Gasteiger charge is -2.35. The van der Waals surface area contributed by atoms with E-state index in [-0.39, 0.29) is 11.7 Å². The van der Waals surface area contributed by atoms with Crippen LogP contribution in [0, 0.1) is 5.82 Å². The van der Waals surface area contributed by atoms with Gasteiger partial charge in [0.1, 0.15) is 5.82 Å². The lowest BCUT2D eigenvalue weighted by atomic mass is 10.2. The van der Waals surface area contributed by atoms with Crippen molar-refractivity contribution in [2.75, 3.05) is 50.7 Å². The molecule has 2 aliphatic heterocycles. The largest absolute Gasteiger partial charge is 0.366 e. The van der Waals surface area contributed by atoms with E-state index in [2.05, 4.69) is 4.90 Å². The van der Waals surface area contributed by atoms with Gasteiger partial charge in [-0.1, -0.05) is 18.2 Å². The molecule has 0 atom stereocenters. The molecule has 124 valence electrons. The molecule has 0 aromatic heterocycles. The smallest absolute Gasteiger partial charge is 0.246 e. The summed E-state index contributed by atoms with van der Waals surface area (Å²) in [5, 5.41) is 0. The van der Waals surface area contributed by atoms with Crippen LogP contribution in [0.25, 0.3) is 0 Å². The molecule has 2 heterocycles. The van der Waals surface area contributed by atoms with E-state index in [9.17, 15) is 9.18 Å². The molecule has 2 saturated heterocycles. The Morgan fingerprint density at radius 1 is 1.04 bits per heavy atom. The van der Waals surface area contributed by atoms with E-state index in [4.69, 9.17) is 0 Å². The second-order valence-corrected chi connectivity index (χ2v) is 6.17. The van der Waals surface area contributed by atoms with E-state index in [0.717, 1.165) is 19.6 Å². The van der Waals surface area contributed by atoms with Crippen molar-refractivity contribution in [1.82, 2.24) is 9.80 Å². The molecule has 0 saturated carbocycles. The minimum atomic E-state index is -0.196. The zero-order chi connectivity index (χ0) is 16.1. The van der Waals surface area contributed by atoms with E-state index in [1.165, 1.54) is 18.9 Å². The zero-order valence-corrected chi connectivity index (χ0v) is 13.5. The lowest BCUT2D eigenvalue weighted by molar-refractivity contribution is -0.126. The van der Waals surface area contributed by atoms with Gasteiger partial charge in [-0.2, -0.15) is 0 Å². The van der Waals surface area contributed by atoms with Gasteiger partial charge in [-0.25, -0.2) is 4.39 Å². The highest BCUT2D eigenvalue weighted by molar-refractivity contribution is 5.87. The third-order valence-electron chi connectivity index (χ3n) is 4.61. The summed E-state index contributed by atoms with van der Waals surface area (Å²) in [5.41, 5.74) is 0.629. The highest BCUT2D eigenvalue weighted by atomic mass is 19.1. The summed E-state index contributed by atoms with van der Waals surface area (Å²) in [6, 6.07) is 6.82.